The minimum Gasteiger partial charge on any atom is -0.395 e. The molecule has 0 aliphatic carbocycles. The lowest BCUT2D eigenvalue weighted by atomic mass is 10.1. The molecule has 0 saturated carbocycles. The standard InChI is InChI=1S/C30H34I6N6O14/c31-19-15(27(53)37-1-3-43)21(33)25(23(35)17(19)29(55)39-13(51)7-45)41(9-47)5-11(49)12(50)6-42(10-48)26-22(34)16(28(54)38-2-4-44)20(32)18(24(26)36)30(56)40-14(52)8-46/h9-14,43-46,49-52H,1-8H2,(H,37,53)(H,38,54)(H,39,55)(H,40,56). The van der Waals surface area contributed by atoms with Crippen LogP contribution in [-0.4, -0.2) is 155 Å². The van der Waals surface area contributed by atoms with E-state index in [4.69, 9.17) is 0 Å². The molecule has 0 aliphatic heterocycles. The molecule has 12 N–H and O–H groups in total. The third-order valence-electron chi connectivity index (χ3n) is 7.27. The van der Waals surface area contributed by atoms with Crippen molar-refractivity contribution in [3.8, 4) is 0 Å². The first-order chi connectivity index (χ1) is 26.4. The normalized spacial score (nSPS) is 13.2. The van der Waals surface area contributed by atoms with Gasteiger partial charge in [-0.05, 0) is 136 Å². The van der Waals surface area contributed by atoms with Crippen LogP contribution in [0.3, 0.4) is 0 Å². The minimum atomic E-state index is -1.84. The van der Waals surface area contributed by atoms with Crippen molar-refractivity contribution in [3.05, 3.63) is 43.7 Å². The summed E-state index contributed by atoms with van der Waals surface area (Å²) in [5, 5.41) is 88.7. The van der Waals surface area contributed by atoms with Crippen molar-refractivity contribution in [2.75, 3.05) is 62.4 Å². The van der Waals surface area contributed by atoms with E-state index in [0.29, 0.717) is 0 Å². The van der Waals surface area contributed by atoms with Crippen LogP contribution in [0.15, 0.2) is 0 Å². The first-order valence-electron chi connectivity index (χ1n) is 15.6. The van der Waals surface area contributed by atoms with Gasteiger partial charge in [0.05, 0.1) is 99.6 Å². The predicted molar refractivity (Wildman–Crippen MR) is 248 cm³/mol. The number of benzene rings is 2. The number of nitrogens with one attached hydrogen (secondary N) is 4. The number of halogens is 6. The summed E-state index contributed by atoms with van der Waals surface area (Å²) in [7, 11) is 0. The van der Waals surface area contributed by atoms with Gasteiger partial charge in [0.25, 0.3) is 23.6 Å². The predicted octanol–water partition coefficient (Wildman–Crippen LogP) is -1.81. The second-order valence-corrected chi connectivity index (χ2v) is 17.5. The SMILES string of the molecule is O=CN(CC(O)C(O)CN(C=O)c1c(I)c(C(=O)NCCO)c(I)c(C(=O)NC(O)CO)c1I)c1c(I)c(C(=O)NCCO)c(I)c(C(=O)NC(O)CO)c1I. The zero-order valence-electron chi connectivity index (χ0n) is 28.3. The van der Waals surface area contributed by atoms with Gasteiger partial charge in [-0.15, -0.1) is 0 Å². The van der Waals surface area contributed by atoms with Crippen LogP contribution >= 0.6 is 136 Å². The number of anilines is 2. The fourth-order valence-corrected chi connectivity index (χ4v) is 14.2. The first kappa shape index (κ1) is 51.5. The van der Waals surface area contributed by atoms with E-state index in [1.165, 1.54) is 0 Å². The maximum Gasteiger partial charge on any atom is 0.255 e. The maximum atomic E-state index is 13.3. The molecular formula is C30H34I6N6O14. The maximum absolute atomic E-state index is 13.3. The van der Waals surface area contributed by atoms with Crippen LogP contribution in [0, 0.1) is 21.4 Å². The molecule has 0 heterocycles. The Morgan fingerprint density at radius 3 is 1.05 bits per heavy atom. The molecule has 0 bridgehead atoms. The number of aliphatic hydroxyl groups excluding tert-OH is 8. The van der Waals surface area contributed by atoms with E-state index < -0.39 is 87.8 Å². The van der Waals surface area contributed by atoms with E-state index in [-0.39, 0.29) is 81.0 Å². The average molecular weight is 1460 g/mol. The lowest BCUT2D eigenvalue weighted by Gasteiger charge is -2.31. The van der Waals surface area contributed by atoms with Crippen molar-refractivity contribution >= 4 is 183 Å². The van der Waals surface area contributed by atoms with Gasteiger partial charge in [-0.1, -0.05) is 0 Å². The smallest absolute Gasteiger partial charge is 0.255 e. The van der Waals surface area contributed by atoms with Crippen molar-refractivity contribution < 1.29 is 69.6 Å². The third kappa shape index (κ3) is 12.7. The fraction of sp³-hybridized carbons (Fsp3) is 0.400. The van der Waals surface area contributed by atoms with Gasteiger partial charge < -0.3 is 71.9 Å². The zero-order valence-corrected chi connectivity index (χ0v) is 41.3. The van der Waals surface area contributed by atoms with Crippen LogP contribution < -0.4 is 31.1 Å². The third-order valence-corrected chi connectivity index (χ3v) is 13.6. The molecule has 4 atom stereocenters. The summed E-state index contributed by atoms with van der Waals surface area (Å²) in [6, 6.07) is 0. The molecular weight excluding hydrogens is 1430 g/mol. The topological polar surface area (TPSA) is 319 Å². The molecule has 0 spiro atoms. The van der Waals surface area contributed by atoms with Crippen LogP contribution in [0.2, 0.25) is 0 Å². The molecule has 2 aromatic rings. The Morgan fingerprint density at radius 1 is 0.518 bits per heavy atom. The van der Waals surface area contributed by atoms with Crippen LogP contribution in [-0.2, 0) is 9.59 Å². The Labute approximate surface area is 400 Å². The van der Waals surface area contributed by atoms with Gasteiger partial charge in [-0.2, -0.15) is 0 Å². The summed E-state index contributed by atoms with van der Waals surface area (Å²) >= 11 is 10.4. The van der Waals surface area contributed by atoms with E-state index in [1.807, 2.05) is 0 Å². The number of hydrogen-bond donors (Lipinski definition) is 12. The Balaban J connectivity index is 2.69. The fourth-order valence-electron chi connectivity index (χ4n) is 4.68. The first-order valence-corrected chi connectivity index (χ1v) is 22.0. The quantitative estimate of drug-likeness (QED) is 0.0373. The van der Waals surface area contributed by atoms with Crippen LogP contribution in [0.4, 0.5) is 11.4 Å². The highest BCUT2D eigenvalue weighted by Crippen LogP contribution is 2.39. The monoisotopic (exact) mass is 1460 g/mol. The number of carbonyl (C=O) groups excluding carboxylic acids is 6. The second kappa shape index (κ2) is 24.5. The summed E-state index contributed by atoms with van der Waals surface area (Å²) in [6.45, 7) is -4.25. The molecule has 0 saturated heterocycles. The minimum absolute atomic E-state index is 0.0631. The summed E-state index contributed by atoms with van der Waals surface area (Å²) in [5.41, 5.74) is -0.741. The van der Waals surface area contributed by atoms with Crippen molar-refractivity contribution in [2.45, 2.75) is 24.7 Å². The van der Waals surface area contributed by atoms with Gasteiger partial charge in [0.2, 0.25) is 12.8 Å². The molecule has 20 nitrogen and oxygen atoms in total. The number of hydrogen-bond acceptors (Lipinski definition) is 14. The number of amides is 6. The summed E-state index contributed by atoms with van der Waals surface area (Å²) in [6.07, 6.45) is -6.55. The van der Waals surface area contributed by atoms with E-state index in [9.17, 15) is 69.6 Å². The van der Waals surface area contributed by atoms with E-state index >= 15 is 0 Å². The number of carbonyl (C=O) groups is 6. The molecule has 0 aliphatic rings. The summed E-state index contributed by atoms with van der Waals surface area (Å²) in [5.74, 6) is -3.37. The number of nitrogens with zero attached hydrogens (tertiary/aromatic N) is 2. The van der Waals surface area contributed by atoms with Crippen LogP contribution in [0.5, 0.6) is 0 Å². The van der Waals surface area contributed by atoms with Crippen molar-refractivity contribution in [1.29, 1.82) is 0 Å². The highest BCUT2D eigenvalue weighted by atomic mass is 127. The highest BCUT2D eigenvalue weighted by molar-refractivity contribution is 14.1. The molecule has 310 valence electrons. The van der Waals surface area contributed by atoms with Gasteiger partial charge in [0, 0.05) is 20.2 Å². The zero-order chi connectivity index (χ0) is 42.6. The molecule has 0 radical (unpaired) electrons. The molecule has 6 amide bonds. The molecule has 0 aromatic heterocycles. The van der Waals surface area contributed by atoms with Crippen molar-refractivity contribution in [1.82, 2.24) is 21.3 Å². The molecule has 4 unspecified atom stereocenters. The van der Waals surface area contributed by atoms with Gasteiger partial charge >= 0.3 is 0 Å². The molecule has 0 fully saturated rings. The Kier molecular flexibility index (Phi) is 22.6. The highest BCUT2D eigenvalue weighted by Gasteiger charge is 2.35. The van der Waals surface area contributed by atoms with Gasteiger partial charge in [0.15, 0.2) is 0 Å². The lowest BCUT2D eigenvalue weighted by Crippen LogP contribution is -2.46. The van der Waals surface area contributed by atoms with Crippen molar-refractivity contribution in [3.63, 3.8) is 0 Å². The summed E-state index contributed by atoms with van der Waals surface area (Å²) < 4.78 is 0.511. The number of aliphatic hydroxyl groups is 8. The van der Waals surface area contributed by atoms with Crippen LogP contribution in [0.1, 0.15) is 41.4 Å². The van der Waals surface area contributed by atoms with Crippen molar-refractivity contribution in [2.24, 2.45) is 0 Å². The summed E-state index contributed by atoms with van der Waals surface area (Å²) in [4.78, 5) is 80.1. The van der Waals surface area contributed by atoms with E-state index in [1.54, 1.807) is 136 Å². The largest absolute Gasteiger partial charge is 0.395 e. The second-order valence-electron chi connectivity index (χ2n) is 11.0. The average Bonchev–Trinajstić information content (AvgIpc) is 3.14. The van der Waals surface area contributed by atoms with E-state index in [2.05, 4.69) is 21.3 Å². The Morgan fingerprint density at radius 2 is 0.804 bits per heavy atom. The molecule has 2 rings (SSSR count). The van der Waals surface area contributed by atoms with Crippen LogP contribution in [0.25, 0.3) is 0 Å². The number of rotatable bonds is 21. The lowest BCUT2D eigenvalue weighted by molar-refractivity contribution is -0.109. The van der Waals surface area contributed by atoms with Gasteiger partial charge in [-0.25, -0.2) is 0 Å². The molecule has 26 heteroatoms. The Hall–Kier alpha value is -0.680. The van der Waals surface area contributed by atoms with Gasteiger partial charge in [-0.3, -0.25) is 28.8 Å². The molecule has 2 aromatic carbocycles. The Bertz CT molecular complexity index is 1680. The van der Waals surface area contributed by atoms with Gasteiger partial charge in [0.1, 0.15) is 12.5 Å². The molecule has 56 heavy (non-hydrogen) atoms. The van der Waals surface area contributed by atoms with E-state index in [0.717, 1.165) is 9.80 Å².